The number of hydrogen-bond donors (Lipinski definition) is 3. The molecule has 16 heavy (non-hydrogen) atoms. The normalized spacial score (nSPS) is 13.5. The quantitative estimate of drug-likeness (QED) is 0.674. The number of carboxylic acid groups (broad SMARTS) is 1. The zero-order valence-electron chi connectivity index (χ0n) is 7.95. The Balaban J connectivity index is 3.24. The number of alkyl halides is 3. The van der Waals surface area contributed by atoms with Crippen LogP contribution in [0.2, 0.25) is 0 Å². The molecule has 0 aliphatic carbocycles. The van der Waals surface area contributed by atoms with Gasteiger partial charge >= 0.3 is 12.1 Å². The topological polar surface area (TPSA) is 89.3 Å². The maximum Gasteiger partial charge on any atom is 0.416 e. The lowest BCUT2D eigenvalue weighted by atomic mass is 10.0. The van der Waals surface area contributed by atoms with Gasteiger partial charge < -0.3 is 16.6 Å². The summed E-state index contributed by atoms with van der Waals surface area (Å²) in [6.45, 7) is 0. The van der Waals surface area contributed by atoms with Crippen LogP contribution < -0.4 is 11.5 Å². The summed E-state index contributed by atoms with van der Waals surface area (Å²) < 4.78 is 37.0. The Morgan fingerprint density at radius 3 is 2.38 bits per heavy atom. The lowest BCUT2D eigenvalue weighted by molar-refractivity contribution is -0.140. The first kappa shape index (κ1) is 12.3. The summed E-state index contributed by atoms with van der Waals surface area (Å²) in [5.74, 6) is -1.44. The van der Waals surface area contributed by atoms with Crippen molar-refractivity contribution in [3.8, 4) is 0 Å². The summed E-state index contributed by atoms with van der Waals surface area (Å²) in [4.78, 5) is 10.6. The summed E-state index contributed by atoms with van der Waals surface area (Å²) in [7, 11) is 0. The van der Waals surface area contributed by atoms with Crippen LogP contribution in [0, 0.1) is 0 Å². The predicted octanol–water partition coefficient (Wildman–Crippen LogP) is 1.37. The molecule has 4 nitrogen and oxygen atoms in total. The van der Waals surface area contributed by atoms with Crippen LogP contribution in [-0.4, -0.2) is 11.1 Å². The van der Waals surface area contributed by atoms with E-state index in [0.29, 0.717) is 6.07 Å². The monoisotopic (exact) mass is 234 g/mol. The van der Waals surface area contributed by atoms with E-state index < -0.39 is 23.8 Å². The Bertz CT molecular complexity index is 418. The molecule has 0 unspecified atom stereocenters. The first-order valence-corrected chi connectivity index (χ1v) is 4.18. The maximum absolute atomic E-state index is 12.3. The average molecular weight is 234 g/mol. The second-order valence-electron chi connectivity index (χ2n) is 3.16. The van der Waals surface area contributed by atoms with E-state index in [9.17, 15) is 18.0 Å². The van der Waals surface area contributed by atoms with Crippen LogP contribution in [0.3, 0.4) is 0 Å². The van der Waals surface area contributed by atoms with Crippen molar-refractivity contribution in [2.75, 3.05) is 5.73 Å². The summed E-state index contributed by atoms with van der Waals surface area (Å²) in [6, 6.07) is 0.838. The van der Waals surface area contributed by atoms with E-state index in [2.05, 4.69) is 0 Å². The number of rotatable bonds is 2. The van der Waals surface area contributed by atoms with Crippen molar-refractivity contribution in [2.24, 2.45) is 5.73 Å². The fourth-order valence-corrected chi connectivity index (χ4v) is 1.15. The van der Waals surface area contributed by atoms with E-state index in [1.807, 2.05) is 0 Å². The molecule has 1 atom stereocenters. The summed E-state index contributed by atoms with van der Waals surface area (Å²) in [5, 5.41) is 8.59. The van der Waals surface area contributed by atoms with Gasteiger partial charge in [-0.15, -0.1) is 0 Å². The molecule has 5 N–H and O–H groups in total. The predicted molar refractivity (Wildman–Crippen MR) is 50.4 cm³/mol. The minimum Gasteiger partial charge on any atom is -0.480 e. The lowest BCUT2D eigenvalue weighted by Gasteiger charge is -2.13. The number of carbonyl (C=O) groups is 1. The van der Waals surface area contributed by atoms with Gasteiger partial charge in [-0.2, -0.15) is 13.2 Å². The average Bonchev–Trinajstić information content (AvgIpc) is 2.15. The number of nitrogens with two attached hydrogens (primary N) is 2. The van der Waals surface area contributed by atoms with Crippen molar-refractivity contribution in [1.29, 1.82) is 0 Å². The van der Waals surface area contributed by atoms with Crippen molar-refractivity contribution in [3.63, 3.8) is 0 Å². The van der Waals surface area contributed by atoms with Gasteiger partial charge in [-0.25, -0.2) is 0 Å². The SMILES string of the molecule is Nc1ccc(C(F)(F)F)cc1[C@H](N)C(=O)O. The van der Waals surface area contributed by atoms with Gasteiger partial charge in [0.15, 0.2) is 0 Å². The molecular formula is C9H9F3N2O2. The van der Waals surface area contributed by atoms with E-state index in [4.69, 9.17) is 16.6 Å². The third-order valence-corrected chi connectivity index (χ3v) is 2.02. The summed E-state index contributed by atoms with van der Waals surface area (Å²) in [5.41, 5.74) is 9.26. The number of hydrogen-bond acceptors (Lipinski definition) is 3. The van der Waals surface area contributed by atoms with Gasteiger partial charge in [0.2, 0.25) is 0 Å². The van der Waals surface area contributed by atoms with Crippen LogP contribution in [0.4, 0.5) is 18.9 Å². The molecular weight excluding hydrogens is 225 g/mol. The fourth-order valence-electron chi connectivity index (χ4n) is 1.15. The Hall–Kier alpha value is -1.76. The third-order valence-electron chi connectivity index (χ3n) is 2.02. The van der Waals surface area contributed by atoms with E-state index in [1.54, 1.807) is 0 Å². The number of aliphatic carboxylic acids is 1. The molecule has 0 saturated carbocycles. The third kappa shape index (κ3) is 2.43. The highest BCUT2D eigenvalue weighted by Gasteiger charge is 2.32. The smallest absolute Gasteiger partial charge is 0.416 e. The number of halogens is 3. The Labute approximate surface area is 88.7 Å². The number of benzene rings is 1. The van der Waals surface area contributed by atoms with Crippen molar-refractivity contribution in [2.45, 2.75) is 12.2 Å². The van der Waals surface area contributed by atoms with Crippen LogP contribution in [0.5, 0.6) is 0 Å². The lowest BCUT2D eigenvalue weighted by Crippen LogP contribution is -2.22. The van der Waals surface area contributed by atoms with Crippen molar-refractivity contribution in [1.82, 2.24) is 0 Å². The molecule has 1 rings (SSSR count). The fraction of sp³-hybridized carbons (Fsp3) is 0.222. The van der Waals surface area contributed by atoms with Gasteiger partial charge in [0.05, 0.1) is 5.56 Å². The molecule has 0 aliphatic heterocycles. The molecule has 0 spiro atoms. The molecule has 0 saturated heterocycles. The van der Waals surface area contributed by atoms with Gasteiger partial charge in [0, 0.05) is 11.3 Å². The second-order valence-corrected chi connectivity index (χ2v) is 3.16. The molecule has 0 amide bonds. The molecule has 7 heteroatoms. The van der Waals surface area contributed by atoms with Crippen LogP contribution in [-0.2, 0) is 11.0 Å². The van der Waals surface area contributed by atoms with Crippen molar-refractivity contribution >= 4 is 11.7 Å². The van der Waals surface area contributed by atoms with Crippen molar-refractivity contribution in [3.05, 3.63) is 29.3 Å². The zero-order valence-corrected chi connectivity index (χ0v) is 7.95. The Morgan fingerprint density at radius 1 is 1.38 bits per heavy atom. The van der Waals surface area contributed by atoms with Gasteiger partial charge in [0.25, 0.3) is 0 Å². The van der Waals surface area contributed by atoms with E-state index >= 15 is 0 Å². The number of anilines is 1. The highest BCUT2D eigenvalue weighted by molar-refractivity contribution is 5.77. The number of nitrogen functional groups attached to an aromatic ring is 1. The van der Waals surface area contributed by atoms with Crippen LogP contribution in [0.1, 0.15) is 17.2 Å². The molecule has 0 bridgehead atoms. The van der Waals surface area contributed by atoms with E-state index in [0.717, 1.165) is 12.1 Å². The number of carboxylic acids is 1. The van der Waals surface area contributed by atoms with Gasteiger partial charge in [0.1, 0.15) is 6.04 Å². The maximum atomic E-state index is 12.3. The van der Waals surface area contributed by atoms with Gasteiger partial charge in [-0.3, -0.25) is 4.79 Å². The Morgan fingerprint density at radius 2 is 1.94 bits per heavy atom. The first-order chi connectivity index (χ1) is 7.23. The summed E-state index contributed by atoms with van der Waals surface area (Å²) >= 11 is 0. The molecule has 0 aromatic heterocycles. The van der Waals surface area contributed by atoms with E-state index in [-0.39, 0.29) is 11.3 Å². The molecule has 88 valence electrons. The van der Waals surface area contributed by atoms with E-state index in [1.165, 1.54) is 0 Å². The largest absolute Gasteiger partial charge is 0.480 e. The molecule has 1 aromatic carbocycles. The van der Waals surface area contributed by atoms with Crippen LogP contribution >= 0.6 is 0 Å². The van der Waals surface area contributed by atoms with Crippen LogP contribution in [0.25, 0.3) is 0 Å². The highest BCUT2D eigenvalue weighted by Crippen LogP contribution is 2.32. The molecule has 1 aromatic rings. The molecule has 0 aliphatic rings. The van der Waals surface area contributed by atoms with Gasteiger partial charge in [-0.1, -0.05) is 0 Å². The minimum absolute atomic E-state index is 0.0806. The zero-order chi connectivity index (χ0) is 12.5. The van der Waals surface area contributed by atoms with Crippen LogP contribution in [0.15, 0.2) is 18.2 Å². The van der Waals surface area contributed by atoms with Crippen molar-refractivity contribution < 1.29 is 23.1 Å². The van der Waals surface area contributed by atoms with Gasteiger partial charge in [-0.05, 0) is 18.2 Å². The minimum atomic E-state index is -4.55. The second kappa shape index (κ2) is 4.01. The molecule has 0 radical (unpaired) electrons. The highest BCUT2D eigenvalue weighted by atomic mass is 19.4. The standard InChI is InChI=1S/C9H9F3N2O2/c10-9(11,12)4-1-2-6(13)5(3-4)7(14)8(15)16/h1-3,7H,13-14H2,(H,15,16)/t7-/m0/s1. The summed E-state index contributed by atoms with van der Waals surface area (Å²) in [6.07, 6.45) is -4.55. The first-order valence-electron chi connectivity index (χ1n) is 4.18. The molecule has 0 fully saturated rings. The molecule has 0 heterocycles. The Kier molecular flexibility index (Phi) is 3.09.